The lowest BCUT2D eigenvalue weighted by Gasteiger charge is -2.10. The predicted molar refractivity (Wildman–Crippen MR) is 76.4 cm³/mol. The summed E-state index contributed by atoms with van der Waals surface area (Å²) in [6.07, 6.45) is 1.06. The number of sulfonamides is 1. The number of rotatable bonds is 5. The maximum atomic E-state index is 11.8. The predicted octanol–water partition coefficient (Wildman–Crippen LogP) is 2.10. The Hall–Kier alpha value is -1.86. The van der Waals surface area contributed by atoms with Crippen LogP contribution in [-0.2, 0) is 14.8 Å². The van der Waals surface area contributed by atoms with Gasteiger partial charge in [-0.3, -0.25) is 14.5 Å². The van der Waals surface area contributed by atoms with Crippen LogP contribution in [0.25, 0.3) is 10.9 Å². The number of carbonyl (C=O) groups is 1. The fourth-order valence-electron chi connectivity index (χ4n) is 1.67. The van der Waals surface area contributed by atoms with Gasteiger partial charge in [-0.25, -0.2) is 8.42 Å². The Morgan fingerprint density at radius 1 is 1.40 bits per heavy atom. The SMILES string of the molecule is O=C(O)CCS(=O)(=O)Nc1cc(Cl)cc2cccnc12. The van der Waals surface area contributed by atoms with Gasteiger partial charge in [0.25, 0.3) is 0 Å². The van der Waals surface area contributed by atoms with E-state index in [-0.39, 0.29) is 5.69 Å². The molecule has 0 atom stereocenters. The second-order valence-electron chi connectivity index (χ2n) is 4.09. The lowest BCUT2D eigenvalue weighted by Crippen LogP contribution is -2.19. The van der Waals surface area contributed by atoms with Crippen LogP contribution in [0.4, 0.5) is 5.69 Å². The summed E-state index contributed by atoms with van der Waals surface area (Å²) in [6, 6.07) is 6.57. The van der Waals surface area contributed by atoms with Gasteiger partial charge in [0.05, 0.1) is 23.4 Å². The molecule has 0 aliphatic heterocycles. The van der Waals surface area contributed by atoms with Crippen LogP contribution in [0.3, 0.4) is 0 Å². The topological polar surface area (TPSA) is 96.4 Å². The zero-order valence-corrected chi connectivity index (χ0v) is 11.8. The first-order valence-electron chi connectivity index (χ1n) is 5.64. The third-order valence-electron chi connectivity index (χ3n) is 2.52. The summed E-state index contributed by atoms with van der Waals surface area (Å²) in [5, 5.41) is 9.59. The minimum atomic E-state index is -3.77. The molecule has 0 aliphatic carbocycles. The van der Waals surface area contributed by atoms with E-state index in [4.69, 9.17) is 16.7 Å². The van der Waals surface area contributed by atoms with E-state index < -0.39 is 28.2 Å². The average Bonchev–Trinajstić information content (AvgIpc) is 2.36. The van der Waals surface area contributed by atoms with Gasteiger partial charge in [-0.15, -0.1) is 0 Å². The minimum Gasteiger partial charge on any atom is -0.481 e. The smallest absolute Gasteiger partial charge is 0.304 e. The highest BCUT2D eigenvalue weighted by Gasteiger charge is 2.15. The molecule has 0 bridgehead atoms. The van der Waals surface area contributed by atoms with E-state index >= 15 is 0 Å². The lowest BCUT2D eigenvalue weighted by molar-refractivity contribution is -0.136. The van der Waals surface area contributed by atoms with Crippen LogP contribution in [-0.4, -0.2) is 30.2 Å². The van der Waals surface area contributed by atoms with E-state index in [0.717, 1.165) is 0 Å². The number of aromatic nitrogens is 1. The van der Waals surface area contributed by atoms with Gasteiger partial charge in [0.1, 0.15) is 0 Å². The van der Waals surface area contributed by atoms with Crippen molar-refractivity contribution >= 4 is 44.2 Å². The summed E-state index contributed by atoms with van der Waals surface area (Å²) in [7, 11) is -3.77. The molecule has 0 aliphatic rings. The Kier molecular flexibility index (Phi) is 4.10. The molecular weight excluding hydrogens is 304 g/mol. The molecule has 0 saturated heterocycles. The zero-order valence-electron chi connectivity index (χ0n) is 10.2. The molecule has 1 aromatic heterocycles. The molecule has 20 heavy (non-hydrogen) atoms. The largest absolute Gasteiger partial charge is 0.481 e. The number of nitrogens with one attached hydrogen (secondary N) is 1. The normalized spacial score (nSPS) is 11.4. The molecule has 0 amide bonds. The van der Waals surface area contributed by atoms with Crippen LogP contribution in [0.15, 0.2) is 30.5 Å². The van der Waals surface area contributed by atoms with E-state index in [1.165, 1.54) is 12.3 Å². The molecule has 2 aromatic rings. The van der Waals surface area contributed by atoms with Crippen molar-refractivity contribution in [2.75, 3.05) is 10.5 Å². The number of hydrogen-bond acceptors (Lipinski definition) is 4. The molecule has 106 valence electrons. The van der Waals surface area contributed by atoms with Crippen molar-refractivity contribution in [3.05, 3.63) is 35.5 Å². The molecule has 2 N–H and O–H groups in total. The van der Waals surface area contributed by atoms with Crippen molar-refractivity contribution < 1.29 is 18.3 Å². The summed E-state index contributed by atoms with van der Waals surface area (Å²) in [6.45, 7) is 0. The van der Waals surface area contributed by atoms with Crippen molar-refractivity contribution in [2.45, 2.75) is 6.42 Å². The maximum absolute atomic E-state index is 11.8. The van der Waals surface area contributed by atoms with Crippen LogP contribution in [0.5, 0.6) is 0 Å². The van der Waals surface area contributed by atoms with E-state index in [1.54, 1.807) is 18.2 Å². The van der Waals surface area contributed by atoms with Gasteiger partial charge in [0.2, 0.25) is 10.0 Å². The summed E-state index contributed by atoms with van der Waals surface area (Å²) in [5.41, 5.74) is 0.689. The number of fused-ring (bicyclic) bond motifs is 1. The molecule has 0 saturated carbocycles. The van der Waals surface area contributed by atoms with Gasteiger partial charge in [-0.05, 0) is 18.2 Å². The van der Waals surface area contributed by atoms with Crippen molar-refractivity contribution in [1.29, 1.82) is 0 Å². The number of carboxylic acid groups (broad SMARTS) is 1. The number of benzene rings is 1. The molecule has 2 rings (SSSR count). The Bertz CT molecular complexity index is 761. The molecule has 6 nitrogen and oxygen atoms in total. The van der Waals surface area contributed by atoms with Crippen molar-refractivity contribution in [3.8, 4) is 0 Å². The van der Waals surface area contributed by atoms with E-state index in [2.05, 4.69) is 9.71 Å². The highest BCUT2D eigenvalue weighted by molar-refractivity contribution is 7.92. The Balaban J connectivity index is 2.36. The third-order valence-corrected chi connectivity index (χ3v) is 4.01. The molecule has 8 heteroatoms. The van der Waals surface area contributed by atoms with Gasteiger partial charge in [0, 0.05) is 16.6 Å². The Morgan fingerprint density at radius 2 is 2.15 bits per heavy atom. The molecule has 0 unspecified atom stereocenters. The molecule has 0 radical (unpaired) electrons. The van der Waals surface area contributed by atoms with Crippen LogP contribution in [0, 0.1) is 0 Å². The number of hydrogen-bond donors (Lipinski definition) is 2. The molecule has 1 aromatic carbocycles. The molecule has 0 spiro atoms. The molecular formula is C12H11ClN2O4S. The van der Waals surface area contributed by atoms with Crippen molar-refractivity contribution in [1.82, 2.24) is 4.98 Å². The summed E-state index contributed by atoms with van der Waals surface area (Å²) in [5.74, 6) is -1.69. The number of aliphatic carboxylic acids is 1. The first-order chi connectivity index (χ1) is 9.37. The summed E-state index contributed by atoms with van der Waals surface area (Å²) in [4.78, 5) is 14.5. The van der Waals surface area contributed by atoms with Crippen molar-refractivity contribution in [2.24, 2.45) is 0 Å². The van der Waals surface area contributed by atoms with Crippen LogP contribution in [0.1, 0.15) is 6.42 Å². The number of anilines is 1. The number of halogens is 1. The standard InChI is InChI=1S/C12H11ClN2O4S/c13-9-6-8-2-1-4-14-12(8)10(7-9)15-20(18,19)5-3-11(16)17/h1-2,4,6-7,15H,3,5H2,(H,16,17). The third kappa shape index (κ3) is 3.58. The molecule has 1 heterocycles. The Labute approximate surface area is 120 Å². The van der Waals surface area contributed by atoms with Crippen LogP contribution >= 0.6 is 11.6 Å². The first kappa shape index (κ1) is 14.5. The quantitative estimate of drug-likeness (QED) is 0.881. The van der Waals surface area contributed by atoms with Gasteiger partial charge in [-0.1, -0.05) is 17.7 Å². The van der Waals surface area contributed by atoms with Crippen LogP contribution < -0.4 is 4.72 Å². The fourth-order valence-corrected chi connectivity index (χ4v) is 2.94. The number of pyridine rings is 1. The van der Waals surface area contributed by atoms with Gasteiger partial charge < -0.3 is 5.11 Å². The summed E-state index contributed by atoms with van der Waals surface area (Å²) < 4.78 is 25.9. The second-order valence-corrected chi connectivity index (χ2v) is 6.37. The first-order valence-corrected chi connectivity index (χ1v) is 7.67. The maximum Gasteiger partial charge on any atom is 0.304 e. The van der Waals surface area contributed by atoms with Gasteiger partial charge in [-0.2, -0.15) is 0 Å². The highest BCUT2D eigenvalue weighted by Crippen LogP contribution is 2.27. The monoisotopic (exact) mass is 314 g/mol. The van der Waals surface area contributed by atoms with Crippen molar-refractivity contribution in [3.63, 3.8) is 0 Å². The van der Waals surface area contributed by atoms with Crippen LogP contribution in [0.2, 0.25) is 5.02 Å². The highest BCUT2D eigenvalue weighted by atomic mass is 35.5. The minimum absolute atomic E-state index is 0.235. The van der Waals surface area contributed by atoms with Gasteiger partial charge >= 0.3 is 5.97 Å². The fraction of sp³-hybridized carbons (Fsp3) is 0.167. The Morgan fingerprint density at radius 3 is 2.85 bits per heavy atom. The number of nitrogens with zero attached hydrogens (tertiary/aromatic N) is 1. The second kappa shape index (κ2) is 5.64. The zero-order chi connectivity index (χ0) is 14.8. The summed E-state index contributed by atoms with van der Waals surface area (Å²) >= 11 is 5.92. The molecule has 0 fully saturated rings. The number of carboxylic acids is 1. The lowest BCUT2D eigenvalue weighted by atomic mass is 10.2. The van der Waals surface area contributed by atoms with E-state index in [0.29, 0.717) is 15.9 Å². The van der Waals surface area contributed by atoms with Gasteiger partial charge in [0.15, 0.2) is 0 Å². The van der Waals surface area contributed by atoms with E-state index in [1.807, 2.05) is 0 Å². The van der Waals surface area contributed by atoms with E-state index in [9.17, 15) is 13.2 Å². The average molecular weight is 315 g/mol.